The molecule has 0 saturated heterocycles. The molecule has 0 aliphatic carbocycles. The van der Waals surface area contributed by atoms with Gasteiger partial charge in [0.05, 0.1) is 16.8 Å². The van der Waals surface area contributed by atoms with Crippen LogP contribution in [-0.2, 0) is 18.0 Å². The molecule has 0 aliphatic rings. The van der Waals surface area contributed by atoms with E-state index in [2.05, 4.69) is 31.5 Å². The lowest BCUT2D eigenvalue weighted by Gasteiger charge is -2.31. The van der Waals surface area contributed by atoms with Crippen molar-refractivity contribution >= 4 is 33.6 Å². The summed E-state index contributed by atoms with van der Waals surface area (Å²) in [7, 11) is 0. The molecule has 2 heterocycles. The van der Waals surface area contributed by atoms with Crippen molar-refractivity contribution in [1.29, 1.82) is 0 Å². The number of carbonyl (C=O) groups excluding carboxylic acids is 2. The summed E-state index contributed by atoms with van der Waals surface area (Å²) < 4.78 is 93.8. The number of ether oxygens (including phenoxy) is 2. The first-order chi connectivity index (χ1) is 21.2. The summed E-state index contributed by atoms with van der Waals surface area (Å²) >= 11 is 3.27. The van der Waals surface area contributed by atoms with Crippen molar-refractivity contribution < 1.29 is 45.4 Å². The number of fused-ring (bicyclic) bond motifs is 1. The lowest BCUT2D eigenvalue weighted by Crippen LogP contribution is -2.54. The highest BCUT2D eigenvalue weighted by Gasteiger charge is 2.35. The number of aromatic nitrogens is 2. The summed E-state index contributed by atoms with van der Waals surface area (Å²) in [5, 5.41) is 5.00. The molecule has 15 heteroatoms. The summed E-state index contributed by atoms with van der Waals surface area (Å²) in [5.41, 5.74) is -1.32. The molecule has 1 atom stereocenters. The molecule has 0 radical (unpaired) electrons. The number of alkyl halides is 3. The third-order valence-corrected chi connectivity index (χ3v) is 7.20. The van der Waals surface area contributed by atoms with E-state index in [0.29, 0.717) is 16.1 Å². The fourth-order valence-corrected chi connectivity index (χ4v) is 4.82. The Balaban J connectivity index is 1.52. The Morgan fingerprint density at radius 3 is 2.38 bits per heavy atom. The van der Waals surface area contributed by atoms with Gasteiger partial charge in [-0.3, -0.25) is 9.20 Å². The Bertz CT molecular complexity index is 1700. The predicted molar refractivity (Wildman–Crippen MR) is 154 cm³/mol. The van der Waals surface area contributed by atoms with E-state index in [1.54, 1.807) is 30.3 Å². The zero-order valence-corrected chi connectivity index (χ0v) is 25.5. The molecular formula is C30H27BrF6N4O4. The summed E-state index contributed by atoms with van der Waals surface area (Å²) in [4.78, 5) is 30.2. The summed E-state index contributed by atoms with van der Waals surface area (Å²) in [5.74, 6) is -4.44. The molecule has 2 aromatic heterocycles. The van der Waals surface area contributed by atoms with Gasteiger partial charge in [-0.15, -0.1) is 0 Å². The molecular weight excluding hydrogens is 674 g/mol. The number of carbonyl (C=O) groups is 2. The maximum absolute atomic E-state index is 14.2. The number of hydrogen-bond donors (Lipinski definition) is 2. The number of rotatable bonds is 11. The molecule has 240 valence electrons. The zero-order valence-electron chi connectivity index (χ0n) is 23.9. The smallest absolute Gasteiger partial charge is 0.407 e. The van der Waals surface area contributed by atoms with Crippen LogP contribution in [0.15, 0.2) is 59.2 Å². The van der Waals surface area contributed by atoms with Crippen molar-refractivity contribution in [1.82, 2.24) is 20.0 Å². The molecule has 0 saturated carbocycles. The summed E-state index contributed by atoms with van der Waals surface area (Å²) in [6.45, 7) is 1.61. The van der Waals surface area contributed by atoms with Crippen LogP contribution in [0, 0.1) is 24.4 Å². The number of amides is 2. The quantitative estimate of drug-likeness (QED) is 0.128. The predicted octanol–water partition coefficient (Wildman–Crippen LogP) is 7.16. The van der Waals surface area contributed by atoms with E-state index < -0.39 is 72.7 Å². The van der Waals surface area contributed by atoms with Crippen molar-refractivity contribution in [3.8, 4) is 5.75 Å². The minimum Gasteiger partial charge on any atom is -0.485 e. The fourth-order valence-electron chi connectivity index (χ4n) is 4.40. The Kier molecular flexibility index (Phi) is 10.3. The maximum Gasteiger partial charge on any atom is 0.407 e. The van der Waals surface area contributed by atoms with Crippen molar-refractivity contribution in [3.63, 3.8) is 0 Å². The second-order valence-electron chi connectivity index (χ2n) is 10.4. The molecule has 2 amide bonds. The van der Waals surface area contributed by atoms with Crippen molar-refractivity contribution in [2.24, 2.45) is 0 Å². The van der Waals surface area contributed by atoms with Crippen molar-refractivity contribution in [2.45, 2.75) is 51.6 Å². The molecule has 4 rings (SSSR count). The van der Waals surface area contributed by atoms with Crippen LogP contribution >= 0.6 is 15.9 Å². The third-order valence-electron chi connectivity index (χ3n) is 6.77. The molecule has 0 bridgehead atoms. The molecule has 2 aromatic carbocycles. The minimum absolute atomic E-state index is 0.00701. The van der Waals surface area contributed by atoms with E-state index in [1.165, 1.54) is 30.5 Å². The highest BCUT2D eigenvalue weighted by atomic mass is 79.9. The van der Waals surface area contributed by atoms with E-state index >= 15 is 0 Å². The highest BCUT2D eigenvalue weighted by Crippen LogP contribution is 2.29. The maximum atomic E-state index is 14.2. The largest absolute Gasteiger partial charge is 0.485 e. The monoisotopic (exact) mass is 700 g/mol. The molecule has 0 fully saturated rings. The topological polar surface area (TPSA) is 94.0 Å². The average Bonchev–Trinajstić information content (AvgIpc) is 3.31. The highest BCUT2D eigenvalue weighted by molar-refractivity contribution is 9.10. The van der Waals surface area contributed by atoms with Crippen LogP contribution in [-0.4, -0.2) is 39.6 Å². The Morgan fingerprint density at radius 1 is 1.00 bits per heavy atom. The van der Waals surface area contributed by atoms with Gasteiger partial charge in [-0.05, 0) is 60.0 Å². The number of aryl methyl sites for hydroxylation is 1. The van der Waals surface area contributed by atoms with Crippen LogP contribution in [0.5, 0.6) is 5.75 Å². The first kappa shape index (κ1) is 33.6. The lowest BCUT2D eigenvalue weighted by atomic mass is 9.95. The number of pyridine rings is 1. The lowest BCUT2D eigenvalue weighted by molar-refractivity contribution is -0.138. The minimum atomic E-state index is -4.53. The Labute approximate surface area is 261 Å². The van der Waals surface area contributed by atoms with Crippen LogP contribution in [0.2, 0.25) is 0 Å². The van der Waals surface area contributed by atoms with E-state index in [1.807, 2.05) is 0 Å². The standard InChI is InChI=1S/C30H27BrF6N4O4/c1-17-25(41-13-19(31)12-23(26(41)39-17)44-15-20-21(32)8-9-22(33)24(20)34)27(42)38-16-29(2,10-11-30(35,36)37)40-28(43)45-14-18-6-4-3-5-7-18/h3-9,12-13H,10-11,14-16H2,1-2H3,(H,38,42)(H,40,43). The van der Waals surface area contributed by atoms with Crippen molar-refractivity contribution in [3.05, 3.63) is 99.2 Å². The molecule has 2 N–H and O–H groups in total. The van der Waals surface area contributed by atoms with Gasteiger partial charge in [0.15, 0.2) is 23.0 Å². The van der Waals surface area contributed by atoms with Gasteiger partial charge in [-0.2, -0.15) is 13.2 Å². The molecule has 45 heavy (non-hydrogen) atoms. The van der Waals surface area contributed by atoms with Crippen LogP contribution in [0.3, 0.4) is 0 Å². The molecule has 4 aromatic rings. The van der Waals surface area contributed by atoms with E-state index in [-0.39, 0.29) is 29.4 Å². The van der Waals surface area contributed by atoms with Gasteiger partial charge in [-0.25, -0.2) is 22.9 Å². The summed E-state index contributed by atoms with van der Waals surface area (Å²) in [6.07, 6.45) is -5.85. The number of alkyl carbamates (subject to hydrolysis) is 1. The number of nitrogens with zero attached hydrogens (tertiary/aromatic N) is 2. The zero-order chi connectivity index (χ0) is 32.9. The van der Waals surface area contributed by atoms with Crippen LogP contribution in [0.1, 0.15) is 47.1 Å². The van der Waals surface area contributed by atoms with Gasteiger partial charge in [0.2, 0.25) is 0 Å². The molecule has 0 aliphatic heterocycles. The average molecular weight is 701 g/mol. The Morgan fingerprint density at radius 2 is 1.69 bits per heavy atom. The molecule has 8 nitrogen and oxygen atoms in total. The number of imidazole rings is 1. The van der Waals surface area contributed by atoms with E-state index in [4.69, 9.17) is 9.47 Å². The summed E-state index contributed by atoms with van der Waals surface area (Å²) in [6, 6.07) is 11.5. The first-order valence-electron chi connectivity index (χ1n) is 13.4. The normalized spacial score (nSPS) is 12.9. The van der Waals surface area contributed by atoms with E-state index in [9.17, 15) is 35.9 Å². The number of nitrogens with one attached hydrogen (secondary N) is 2. The second-order valence-corrected chi connectivity index (χ2v) is 11.3. The third kappa shape index (κ3) is 8.68. The van der Waals surface area contributed by atoms with E-state index in [0.717, 1.165) is 6.07 Å². The van der Waals surface area contributed by atoms with Gasteiger partial charge in [0.25, 0.3) is 5.91 Å². The number of benzene rings is 2. The van der Waals surface area contributed by atoms with Gasteiger partial charge in [-0.1, -0.05) is 30.3 Å². The Hall–Kier alpha value is -4.27. The fraction of sp³-hybridized carbons (Fsp3) is 0.300. The second kappa shape index (κ2) is 13.8. The SMILES string of the molecule is Cc1nc2c(OCc3c(F)ccc(F)c3F)cc(Br)cn2c1C(=O)NCC(C)(CCC(F)(F)F)NC(=O)OCc1ccccc1. The van der Waals surface area contributed by atoms with Crippen molar-refractivity contribution in [2.75, 3.05) is 6.54 Å². The molecule has 1 unspecified atom stereocenters. The molecule has 0 spiro atoms. The first-order valence-corrected chi connectivity index (χ1v) is 14.2. The number of hydrogen-bond acceptors (Lipinski definition) is 5. The van der Waals surface area contributed by atoms with Crippen LogP contribution < -0.4 is 15.4 Å². The van der Waals surface area contributed by atoms with Gasteiger partial charge >= 0.3 is 12.3 Å². The van der Waals surface area contributed by atoms with Gasteiger partial charge in [0.1, 0.15) is 24.7 Å². The number of halogens is 7. The van der Waals surface area contributed by atoms with Crippen LogP contribution in [0.25, 0.3) is 5.65 Å². The van der Waals surface area contributed by atoms with Crippen LogP contribution in [0.4, 0.5) is 31.1 Å². The van der Waals surface area contributed by atoms with Gasteiger partial charge < -0.3 is 20.1 Å². The van der Waals surface area contributed by atoms with Gasteiger partial charge in [0, 0.05) is 23.6 Å².